The second-order valence-electron chi connectivity index (χ2n) is 8.27. The van der Waals surface area contributed by atoms with Gasteiger partial charge in [-0.15, -0.1) is 0 Å². The van der Waals surface area contributed by atoms with Crippen LogP contribution in [0, 0.1) is 32.6 Å². The summed E-state index contributed by atoms with van der Waals surface area (Å²) in [5.41, 5.74) is 4.00. The average molecular weight is 388 g/mol. The van der Waals surface area contributed by atoms with E-state index in [0.717, 1.165) is 22.4 Å². The Hall–Kier alpha value is -2.37. The fraction of sp³-hybridized carbons (Fsp3) is 0.591. The number of nitrogens with one attached hydrogen (secondary N) is 1. The molecule has 0 unspecified atom stereocenters. The minimum absolute atomic E-state index is 0.0210. The molecule has 1 aliphatic heterocycles. The van der Waals surface area contributed by atoms with Crippen molar-refractivity contribution in [3.05, 3.63) is 28.8 Å². The van der Waals surface area contributed by atoms with Gasteiger partial charge < -0.3 is 15.1 Å². The summed E-state index contributed by atoms with van der Waals surface area (Å²) in [5, 5.41) is 2.94. The number of carbonyl (C=O) groups is 3. The Kier molecular flexibility index (Phi) is 7.22. The van der Waals surface area contributed by atoms with Crippen LogP contribution in [0.1, 0.15) is 43.4 Å². The summed E-state index contributed by atoms with van der Waals surface area (Å²) in [6.45, 7) is 11.0. The van der Waals surface area contributed by atoms with Crippen LogP contribution in [0.3, 0.4) is 0 Å². The number of hydrogen-bond donors (Lipinski definition) is 1. The lowest BCUT2D eigenvalue weighted by Crippen LogP contribution is -2.45. The largest absolute Gasteiger partial charge is 0.342 e. The first-order valence-corrected chi connectivity index (χ1v) is 10.0. The van der Waals surface area contributed by atoms with Gasteiger partial charge in [0.15, 0.2) is 0 Å². The Morgan fingerprint density at radius 2 is 1.64 bits per heavy atom. The van der Waals surface area contributed by atoms with Crippen molar-refractivity contribution in [1.82, 2.24) is 9.80 Å². The molecule has 2 rings (SSSR count). The fourth-order valence-corrected chi connectivity index (χ4v) is 3.87. The molecule has 0 saturated carbocycles. The van der Waals surface area contributed by atoms with Gasteiger partial charge in [-0.3, -0.25) is 14.4 Å². The van der Waals surface area contributed by atoms with Crippen molar-refractivity contribution in [2.75, 3.05) is 32.0 Å². The van der Waals surface area contributed by atoms with Crippen LogP contribution in [-0.4, -0.2) is 54.2 Å². The zero-order valence-corrected chi connectivity index (χ0v) is 18.0. The first kappa shape index (κ1) is 21.9. The Labute approximate surface area is 168 Å². The zero-order valence-electron chi connectivity index (χ0n) is 18.0. The number of anilines is 1. The maximum atomic E-state index is 12.7. The number of amides is 3. The molecule has 0 bridgehead atoms. The minimum atomic E-state index is -0.196. The van der Waals surface area contributed by atoms with E-state index in [1.54, 1.807) is 7.05 Å². The third-order valence-corrected chi connectivity index (χ3v) is 5.35. The number of aryl methyl sites for hydroxylation is 3. The van der Waals surface area contributed by atoms with Crippen LogP contribution in [0.2, 0.25) is 0 Å². The Morgan fingerprint density at radius 1 is 1.11 bits per heavy atom. The third-order valence-electron chi connectivity index (χ3n) is 5.35. The van der Waals surface area contributed by atoms with Gasteiger partial charge in [-0.05, 0) is 44.7 Å². The highest BCUT2D eigenvalue weighted by Crippen LogP contribution is 2.23. The lowest BCUT2D eigenvalue weighted by molar-refractivity contribution is -0.142. The Bertz CT molecular complexity index is 726. The predicted molar refractivity (Wildman–Crippen MR) is 111 cm³/mol. The number of likely N-dealkylation sites (N-methyl/N-ethyl adjacent to an activating group) is 1. The second-order valence-corrected chi connectivity index (χ2v) is 8.27. The van der Waals surface area contributed by atoms with E-state index in [0.29, 0.717) is 25.9 Å². The molecule has 0 radical (unpaired) electrons. The minimum Gasteiger partial charge on any atom is -0.342 e. The summed E-state index contributed by atoms with van der Waals surface area (Å²) < 4.78 is 0. The molecule has 0 aromatic heterocycles. The third kappa shape index (κ3) is 5.33. The Balaban J connectivity index is 1.89. The van der Waals surface area contributed by atoms with E-state index in [1.807, 2.05) is 51.7 Å². The average Bonchev–Trinajstić information content (AvgIpc) is 2.63. The lowest BCUT2D eigenvalue weighted by atomic mass is 9.94. The maximum Gasteiger partial charge on any atom is 0.243 e. The van der Waals surface area contributed by atoms with Crippen molar-refractivity contribution in [3.63, 3.8) is 0 Å². The standard InChI is InChI=1S/C22H33N3O3/c1-14(2)21(27)25-9-7-18(8-10-25)22(28)24(6)13-19(26)23-20-16(4)11-15(3)12-17(20)5/h11-12,14,18H,7-10,13H2,1-6H3,(H,23,26). The number of carbonyl (C=O) groups excluding carboxylic acids is 3. The van der Waals surface area contributed by atoms with Gasteiger partial charge in [0.1, 0.15) is 0 Å². The first-order chi connectivity index (χ1) is 13.1. The lowest BCUT2D eigenvalue weighted by Gasteiger charge is -2.34. The Morgan fingerprint density at radius 3 is 2.14 bits per heavy atom. The number of hydrogen-bond acceptors (Lipinski definition) is 3. The molecule has 0 spiro atoms. The van der Waals surface area contributed by atoms with Crippen LogP contribution >= 0.6 is 0 Å². The van der Waals surface area contributed by atoms with Crippen molar-refractivity contribution < 1.29 is 14.4 Å². The summed E-state index contributed by atoms with van der Waals surface area (Å²) >= 11 is 0. The molecule has 154 valence electrons. The van der Waals surface area contributed by atoms with E-state index in [-0.39, 0.29) is 36.1 Å². The smallest absolute Gasteiger partial charge is 0.243 e. The van der Waals surface area contributed by atoms with Crippen molar-refractivity contribution >= 4 is 23.4 Å². The maximum absolute atomic E-state index is 12.7. The van der Waals surface area contributed by atoms with E-state index in [2.05, 4.69) is 5.32 Å². The molecule has 1 aromatic carbocycles. The summed E-state index contributed by atoms with van der Waals surface area (Å²) in [6.07, 6.45) is 1.30. The van der Waals surface area contributed by atoms with Crippen LogP contribution < -0.4 is 5.32 Å². The monoisotopic (exact) mass is 387 g/mol. The predicted octanol–water partition coefficient (Wildman–Crippen LogP) is 2.90. The summed E-state index contributed by atoms with van der Waals surface area (Å²) in [5.74, 6) is -0.228. The second kappa shape index (κ2) is 9.22. The molecule has 28 heavy (non-hydrogen) atoms. The number of nitrogens with zero attached hydrogens (tertiary/aromatic N) is 2. The van der Waals surface area contributed by atoms with Gasteiger partial charge in [-0.2, -0.15) is 0 Å². The topological polar surface area (TPSA) is 69.7 Å². The highest BCUT2D eigenvalue weighted by atomic mass is 16.2. The zero-order chi connectivity index (χ0) is 21.0. The first-order valence-electron chi connectivity index (χ1n) is 10.0. The summed E-state index contributed by atoms with van der Waals surface area (Å²) in [7, 11) is 1.67. The molecule has 0 aliphatic carbocycles. The highest BCUT2D eigenvalue weighted by molar-refractivity contribution is 5.96. The summed E-state index contributed by atoms with van der Waals surface area (Å²) in [4.78, 5) is 40.6. The molecule has 1 saturated heterocycles. The van der Waals surface area contributed by atoms with Crippen LogP contribution in [0.25, 0.3) is 0 Å². The fourth-order valence-electron chi connectivity index (χ4n) is 3.87. The van der Waals surface area contributed by atoms with Gasteiger partial charge in [-0.1, -0.05) is 31.5 Å². The molecule has 1 N–H and O–H groups in total. The van der Waals surface area contributed by atoms with E-state index in [9.17, 15) is 14.4 Å². The molecule has 6 heteroatoms. The summed E-state index contributed by atoms with van der Waals surface area (Å²) in [6, 6.07) is 4.06. The van der Waals surface area contributed by atoms with Gasteiger partial charge in [0.05, 0.1) is 6.54 Å². The van der Waals surface area contributed by atoms with Gasteiger partial charge >= 0.3 is 0 Å². The van der Waals surface area contributed by atoms with Gasteiger partial charge in [0.2, 0.25) is 17.7 Å². The number of benzene rings is 1. The van der Waals surface area contributed by atoms with Crippen LogP contribution in [0.15, 0.2) is 12.1 Å². The van der Waals surface area contributed by atoms with Gasteiger partial charge in [0.25, 0.3) is 0 Å². The molecule has 0 atom stereocenters. The molecule has 1 heterocycles. The van der Waals surface area contributed by atoms with Gasteiger partial charge in [0, 0.05) is 37.7 Å². The SMILES string of the molecule is Cc1cc(C)c(NC(=O)CN(C)C(=O)C2CCN(C(=O)C(C)C)CC2)c(C)c1. The van der Waals surface area contributed by atoms with Crippen molar-refractivity contribution in [2.24, 2.45) is 11.8 Å². The number of likely N-dealkylation sites (tertiary alicyclic amines) is 1. The van der Waals surface area contributed by atoms with E-state index in [4.69, 9.17) is 0 Å². The van der Waals surface area contributed by atoms with Crippen molar-refractivity contribution in [3.8, 4) is 0 Å². The van der Waals surface area contributed by atoms with Crippen LogP contribution in [0.4, 0.5) is 5.69 Å². The normalized spacial score (nSPS) is 14.9. The molecule has 1 aliphatic rings. The molecule has 3 amide bonds. The molecular formula is C22H33N3O3. The van der Waals surface area contributed by atoms with Crippen molar-refractivity contribution in [1.29, 1.82) is 0 Å². The molecule has 1 aromatic rings. The van der Waals surface area contributed by atoms with Gasteiger partial charge in [-0.25, -0.2) is 0 Å². The highest BCUT2D eigenvalue weighted by Gasteiger charge is 2.30. The molecule has 6 nitrogen and oxygen atoms in total. The number of rotatable bonds is 5. The van der Waals surface area contributed by atoms with Crippen molar-refractivity contribution in [2.45, 2.75) is 47.5 Å². The van der Waals surface area contributed by atoms with Crippen LogP contribution in [-0.2, 0) is 14.4 Å². The number of piperidine rings is 1. The van der Waals surface area contributed by atoms with E-state index >= 15 is 0 Å². The quantitative estimate of drug-likeness (QED) is 0.845. The molecule has 1 fully saturated rings. The van der Waals surface area contributed by atoms with E-state index < -0.39 is 0 Å². The van der Waals surface area contributed by atoms with Crippen LogP contribution in [0.5, 0.6) is 0 Å². The van der Waals surface area contributed by atoms with E-state index in [1.165, 1.54) is 4.90 Å². The molecular weight excluding hydrogens is 354 g/mol.